The molecule has 0 radical (unpaired) electrons. The minimum Gasteiger partial charge on any atom is -0.374 e. The predicted molar refractivity (Wildman–Crippen MR) is 93.0 cm³/mol. The quantitative estimate of drug-likeness (QED) is 0.924. The van der Waals surface area contributed by atoms with E-state index in [9.17, 15) is 0 Å². The first-order valence-electron chi connectivity index (χ1n) is 8.64. The zero-order chi connectivity index (χ0) is 16.4. The number of hydrogen-bond acceptors (Lipinski definition) is 6. The van der Waals surface area contributed by atoms with Gasteiger partial charge in [0.1, 0.15) is 5.82 Å². The number of likely N-dealkylation sites (N-methyl/N-ethyl adjacent to an activating group) is 1. The van der Waals surface area contributed by atoms with Gasteiger partial charge in [-0.05, 0) is 38.4 Å². The summed E-state index contributed by atoms with van der Waals surface area (Å²) in [6, 6.07) is 3.92. The molecular formula is C18H23N5O. The smallest absolute Gasteiger partial charge is 0.161 e. The number of aromatic nitrogens is 3. The highest BCUT2D eigenvalue weighted by Crippen LogP contribution is 2.29. The molecule has 4 rings (SSSR count). The van der Waals surface area contributed by atoms with Crippen molar-refractivity contribution >= 4 is 5.82 Å². The molecule has 6 heteroatoms. The molecule has 1 fully saturated rings. The van der Waals surface area contributed by atoms with Crippen LogP contribution in [0.15, 0.2) is 24.5 Å². The lowest BCUT2D eigenvalue weighted by molar-refractivity contribution is -0.0117. The van der Waals surface area contributed by atoms with Crippen molar-refractivity contribution in [1.29, 1.82) is 0 Å². The van der Waals surface area contributed by atoms with Crippen LogP contribution in [0.4, 0.5) is 5.82 Å². The van der Waals surface area contributed by atoms with Crippen LogP contribution < -0.4 is 5.32 Å². The first-order chi connectivity index (χ1) is 11.8. The molecule has 0 unspecified atom stereocenters. The van der Waals surface area contributed by atoms with E-state index in [4.69, 9.17) is 14.7 Å². The minimum absolute atomic E-state index is 0.208. The van der Waals surface area contributed by atoms with E-state index in [1.165, 1.54) is 11.3 Å². The fourth-order valence-electron chi connectivity index (χ4n) is 3.41. The molecule has 1 atom stereocenters. The molecule has 3 heterocycles. The molecular weight excluding hydrogens is 302 g/mol. The van der Waals surface area contributed by atoms with Gasteiger partial charge in [0.05, 0.1) is 12.7 Å². The van der Waals surface area contributed by atoms with Crippen molar-refractivity contribution in [2.45, 2.75) is 25.4 Å². The molecule has 2 aromatic rings. The van der Waals surface area contributed by atoms with E-state index in [1.54, 1.807) is 12.4 Å². The normalized spacial score (nSPS) is 20.8. The third-order valence-corrected chi connectivity index (χ3v) is 4.71. The van der Waals surface area contributed by atoms with Crippen LogP contribution in [0.5, 0.6) is 0 Å². The molecule has 1 saturated heterocycles. The second kappa shape index (κ2) is 6.83. The number of fused-ring (bicyclic) bond motifs is 1. The van der Waals surface area contributed by atoms with Gasteiger partial charge in [-0.1, -0.05) is 0 Å². The molecule has 0 spiro atoms. The van der Waals surface area contributed by atoms with E-state index >= 15 is 0 Å². The van der Waals surface area contributed by atoms with E-state index in [0.717, 1.165) is 62.7 Å². The van der Waals surface area contributed by atoms with Crippen molar-refractivity contribution in [2.24, 2.45) is 0 Å². The summed E-state index contributed by atoms with van der Waals surface area (Å²) in [5, 5.41) is 3.53. The number of anilines is 1. The van der Waals surface area contributed by atoms with Gasteiger partial charge >= 0.3 is 0 Å². The second-order valence-electron chi connectivity index (χ2n) is 6.55. The van der Waals surface area contributed by atoms with E-state index in [1.807, 2.05) is 12.1 Å². The molecule has 2 aliphatic rings. The Morgan fingerprint density at radius 1 is 1.25 bits per heavy atom. The Morgan fingerprint density at radius 2 is 2.12 bits per heavy atom. The highest BCUT2D eigenvalue weighted by Gasteiger charge is 2.22. The van der Waals surface area contributed by atoms with Crippen LogP contribution in [0.3, 0.4) is 0 Å². The maximum Gasteiger partial charge on any atom is 0.161 e. The van der Waals surface area contributed by atoms with Crippen LogP contribution in [-0.2, 0) is 17.6 Å². The number of pyridine rings is 1. The summed E-state index contributed by atoms with van der Waals surface area (Å²) in [6.45, 7) is 3.54. The molecule has 0 amide bonds. The molecule has 1 N–H and O–H groups in total. The highest BCUT2D eigenvalue weighted by atomic mass is 16.5. The Hall–Kier alpha value is -2.05. The molecule has 1 aliphatic heterocycles. The Kier molecular flexibility index (Phi) is 4.40. The predicted octanol–water partition coefficient (Wildman–Crippen LogP) is 1.77. The average Bonchev–Trinajstić information content (AvgIpc) is 3.09. The number of hydrogen-bond donors (Lipinski definition) is 1. The maximum absolute atomic E-state index is 5.85. The SMILES string of the molecule is CN1CCO[C@H](CNc2nc(-c3ccncc3)nc3c2CCC3)C1. The van der Waals surface area contributed by atoms with Gasteiger partial charge in [-0.15, -0.1) is 0 Å². The third-order valence-electron chi connectivity index (χ3n) is 4.71. The summed E-state index contributed by atoms with van der Waals surface area (Å²) in [7, 11) is 2.14. The van der Waals surface area contributed by atoms with Crippen molar-refractivity contribution < 1.29 is 4.74 Å². The van der Waals surface area contributed by atoms with Gasteiger partial charge in [-0.25, -0.2) is 9.97 Å². The van der Waals surface area contributed by atoms with Crippen molar-refractivity contribution in [3.63, 3.8) is 0 Å². The number of ether oxygens (including phenoxy) is 1. The van der Waals surface area contributed by atoms with Crippen LogP contribution in [0, 0.1) is 0 Å². The van der Waals surface area contributed by atoms with Gasteiger partial charge < -0.3 is 15.0 Å². The summed E-state index contributed by atoms with van der Waals surface area (Å²) >= 11 is 0. The Labute approximate surface area is 142 Å². The van der Waals surface area contributed by atoms with E-state index in [2.05, 4.69) is 22.2 Å². The minimum atomic E-state index is 0.208. The van der Waals surface area contributed by atoms with Gasteiger partial charge in [0.2, 0.25) is 0 Å². The number of rotatable bonds is 4. The van der Waals surface area contributed by atoms with E-state index < -0.39 is 0 Å². The largest absolute Gasteiger partial charge is 0.374 e. The van der Waals surface area contributed by atoms with Gasteiger partial charge in [0.25, 0.3) is 0 Å². The molecule has 24 heavy (non-hydrogen) atoms. The highest BCUT2D eigenvalue weighted by molar-refractivity contribution is 5.60. The van der Waals surface area contributed by atoms with Crippen LogP contribution >= 0.6 is 0 Å². The van der Waals surface area contributed by atoms with E-state index in [0.29, 0.717) is 0 Å². The van der Waals surface area contributed by atoms with Crippen LogP contribution in [0.2, 0.25) is 0 Å². The zero-order valence-electron chi connectivity index (χ0n) is 14.0. The molecule has 0 bridgehead atoms. The van der Waals surface area contributed by atoms with Gasteiger partial charge in [0.15, 0.2) is 5.82 Å². The summed E-state index contributed by atoms with van der Waals surface area (Å²) in [4.78, 5) is 16.0. The van der Waals surface area contributed by atoms with Crippen LogP contribution in [-0.4, -0.2) is 59.2 Å². The lowest BCUT2D eigenvalue weighted by Crippen LogP contribution is -2.43. The molecule has 0 aromatic carbocycles. The Balaban J connectivity index is 1.56. The molecule has 126 valence electrons. The number of nitrogens with one attached hydrogen (secondary N) is 1. The fourth-order valence-corrected chi connectivity index (χ4v) is 3.41. The Morgan fingerprint density at radius 3 is 2.96 bits per heavy atom. The second-order valence-corrected chi connectivity index (χ2v) is 6.55. The molecule has 6 nitrogen and oxygen atoms in total. The number of nitrogens with zero attached hydrogens (tertiary/aromatic N) is 4. The standard InChI is InChI=1S/C18H23N5O/c1-23-9-10-24-14(12-23)11-20-18-15-3-2-4-16(15)21-17(22-18)13-5-7-19-8-6-13/h5-8,14H,2-4,9-12H2,1H3,(H,20,21,22)/t14-/m1/s1. The maximum atomic E-state index is 5.85. The van der Waals surface area contributed by atoms with E-state index in [-0.39, 0.29) is 6.10 Å². The molecule has 0 saturated carbocycles. The van der Waals surface area contributed by atoms with Crippen molar-refractivity contribution in [1.82, 2.24) is 19.9 Å². The summed E-state index contributed by atoms with van der Waals surface area (Å²) in [5.74, 6) is 1.75. The lowest BCUT2D eigenvalue weighted by atomic mass is 10.2. The molecule has 2 aromatic heterocycles. The van der Waals surface area contributed by atoms with Crippen molar-refractivity contribution in [2.75, 3.05) is 38.6 Å². The van der Waals surface area contributed by atoms with Gasteiger partial charge in [-0.2, -0.15) is 0 Å². The third kappa shape index (κ3) is 3.25. The summed E-state index contributed by atoms with van der Waals surface area (Å²) in [6.07, 6.45) is 7.02. The number of morpholine rings is 1. The van der Waals surface area contributed by atoms with Gasteiger partial charge in [0, 0.05) is 48.8 Å². The van der Waals surface area contributed by atoms with Crippen molar-refractivity contribution in [3.8, 4) is 11.4 Å². The number of aryl methyl sites for hydroxylation is 1. The lowest BCUT2D eigenvalue weighted by Gasteiger charge is -2.30. The first kappa shape index (κ1) is 15.5. The first-order valence-corrected chi connectivity index (χ1v) is 8.64. The van der Waals surface area contributed by atoms with Gasteiger partial charge in [-0.3, -0.25) is 4.98 Å². The monoisotopic (exact) mass is 325 g/mol. The summed E-state index contributed by atoms with van der Waals surface area (Å²) in [5.41, 5.74) is 3.47. The van der Waals surface area contributed by atoms with Crippen LogP contribution in [0.1, 0.15) is 17.7 Å². The molecule has 1 aliphatic carbocycles. The van der Waals surface area contributed by atoms with Crippen molar-refractivity contribution in [3.05, 3.63) is 35.8 Å². The summed E-state index contributed by atoms with van der Waals surface area (Å²) < 4.78 is 5.85. The topological polar surface area (TPSA) is 63.2 Å². The zero-order valence-corrected chi connectivity index (χ0v) is 14.0. The van der Waals surface area contributed by atoms with Crippen LogP contribution in [0.25, 0.3) is 11.4 Å². The average molecular weight is 325 g/mol. The Bertz CT molecular complexity index is 706. The fraction of sp³-hybridized carbons (Fsp3) is 0.500.